The van der Waals surface area contributed by atoms with Crippen molar-refractivity contribution in [2.24, 2.45) is 0 Å². The van der Waals surface area contributed by atoms with Crippen LogP contribution in [0.1, 0.15) is 55.6 Å². The van der Waals surface area contributed by atoms with E-state index in [1.165, 1.54) is 24.3 Å². The van der Waals surface area contributed by atoms with Crippen LogP contribution in [0, 0.1) is 27.7 Å². The van der Waals surface area contributed by atoms with Crippen molar-refractivity contribution in [2.75, 3.05) is 0 Å². The van der Waals surface area contributed by atoms with Crippen LogP contribution in [0.2, 0.25) is 0 Å². The van der Waals surface area contributed by atoms with Gasteiger partial charge in [-0.1, -0.05) is 84.9 Å². The molecule has 0 aliphatic carbocycles. The molecule has 0 aliphatic heterocycles. The SMILES string of the molecule is Cc1ccc(Cc2ccc(C(c3ccc(Cc4ccc(C)c(C)c4)cc3)(C(F)(F)F)C(F)(F)F)cc2)cc1C. The Kier molecular flexibility index (Phi) is 7.70. The highest BCUT2D eigenvalue weighted by Crippen LogP contribution is 2.56. The van der Waals surface area contributed by atoms with Crippen LogP contribution in [0.3, 0.4) is 0 Å². The highest BCUT2D eigenvalue weighted by molar-refractivity contribution is 5.47. The van der Waals surface area contributed by atoms with E-state index in [4.69, 9.17) is 0 Å². The second-order valence-corrected chi connectivity index (χ2v) is 10.3. The van der Waals surface area contributed by atoms with Crippen LogP contribution in [0.5, 0.6) is 0 Å². The third kappa shape index (κ3) is 5.61. The molecular weight excluding hydrogens is 510 g/mol. The minimum absolute atomic E-state index is 0.402. The van der Waals surface area contributed by atoms with E-state index < -0.39 is 28.9 Å². The summed E-state index contributed by atoms with van der Waals surface area (Å²) in [7, 11) is 0. The van der Waals surface area contributed by atoms with Gasteiger partial charge in [-0.25, -0.2) is 0 Å². The molecule has 0 saturated heterocycles. The van der Waals surface area contributed by atoms with Gasteiger partial charge in [-0.2, -0.15) is 26.3 Å². The van der Waals surface area contributed by atoms with Crippen molar-refractivity contribution in [3.05, 3.63) is 141 Å². The summed E-state index contributed by atoms with van der Waals surface area (Å²) >= 11 is 0. The van der Waals surface area contributed by atoms with Crippen molar-refractivity contribution in [2.45, 2.75) is 58.3 Å². The summed E-state index contributed by atoms with van der Waals surface area (Å²) in [6, 6.07) is 20.9. The fourth-order valence-corrected chi connectivity index (χ4v) is 5.03. The molecule has 0 N–H and O–H groups in total. The van der Waals surface area contributed by atoms with Crippen molar-refractivity contribution >= 4 is 0 Å². The van der Waals surface area contributed by atoms with E-state index in [1.807, 2.05) is 64.1 Å². The van der Waals surface area contributed by atoms with Crippen LogP contribution < -0.4 is 0 Å². The highest BCUT2D eigenvalue weighted by Gasteiger charge is 2.72. The van der Waals surface area contributed by atoms with Crippen LogP contribution in [0.15, 0.2) is 84.9 Å². The molecule has 0 radical (unpaired) electrons. The van der Waals surface area contributed by atoms with E-state index in [-0.39, 0.29) is 0 Å². The lowest BCUT2D eigenvalue weighted by Crippen LogP contribution is -2.54. The molecule has 204 valence electrons. The zero-order chi connectivity index (χ0) is 28.6. The molecule has 6 heteroatoms. The minimum Gasteiger partial charge on any atom is -0.169 e. The Morgan fingerprint density at radius 1 is 0.410 bits per heavy atom. The van der Waals surface area contributed by atoms with Crippen LogP contribution in [0.4, 0.5) is 26.3 Å². The highest BCUT2D eigenvalue weighted by atomic mass is 19.4. The summed E-state index contributed by atoms with van der Waals surface area (Å²) in [6.07, 6.45) is -10.4. The van der Waals surface area contributed by atoms with Crippen LogP contribution in [0.25, 0.3) is 0 Å². The predicted molar refractivity (Wildman–Crippen MR) is 143 cm³/mol. The Labute approximate surface area is 225 Å². The molecule has 0 unspecified atom stereocenters. The van der Waals surface area contributed by atoms with Crippen molar-refractivity contribution in [3.63, 3.8) is 0 Å². The standard InChI is InChI=1S/C33H30F6/c1-21-5-7-27(17-23(21)3)19-25-9-13-29(14-10-25)31(32(34,35)36,33(37,38)39)30-15-11-26(12-16-30)20-28-8-6-22(2)24(4)18-28/h5-18H,19-20H2,1-4H3. The van der Waals surface area contributed by atoms with Gasteiger partial charge in [0.1, 0.15) is 0 Å². The number of hydrogen-bond donors (Lipinski definition) is 0. The van der Waals surface area contributed by atoms with Crippen LogP contribution in [-0.2, 0) is 18.3 Å². The topological polar surface area (TPSA) is 0 Å². The van der Waals surface area contributed by atoms with Gasteiger partial charge in [-0.15, -0.1) is 0 Å². The summed E-state index contributed by atoms with van der Waals surface area (Å²) in [5, 5.41) is 0. The van der Waals surface area contributed by atoms with E-state index in [0.717, 1.165) is 57.6 Å². The Hall–Kier alpha value is -3.54. The van der Waals surface area contributed by atoms with Gasteiger partial charge in [-0.05, 0) is 96.2 Å². The molecule has 0 nitrogen and oxygen atoms in total. The predicted octanol–water partition coefficient (Wildman–Crippen LogP) is 9.51. The van der Waals surface area contributed by atoms with E-state index in [2.05, 4.69) is 0 Å². The number of aryl methyl sites for hydroxylation is 4. The first-order valence-electron chi connectivity index (χ1n) is 12.7. The molecule has 0 saturated carbocycles. The molecule has 0 aliphatic rings. The fraction of sp³-hybridized carbons (Fsp3) is 0.273. The maximum atomic E-state index is 14.6. The van der Waals surface area contributed by atoms with Gasteiger partial charge >= 0.3 is 12.4 Å². The molecule has 0 amide bonds. The lowest BCUT2D eigenvalue weighted by atomic mass is 9.72. The summed E-state index contributed by atoms with van der Waals surface area (Å²) in [5.74, 6) is 0. The maximum Gasteiger partial charge on any atom is 0.411 e. The lowest BCUT2D eigenvalue weighted by molar-refractivity contribution is -0.288. The van der Waals surface area contributed by atoms with E-state index in [9.17, 15) is 26.3 Å². The third-order valence-electron chi connectivity index (χ3n) is 7.58. The first-order valence-corrected chi connectivity index (χ1v) is 12.7. The van der Waals surface area contributed by atoms with Gasteiger partial charge in [-0.3, -0.25) is 0 Å². The molecular formula is C33H30F6. The minimum atomic E-state index is -5.61. The Morgan fingerprint density at radius 3 is 1.00 bits per heavy atom. The van der Waals surface area contributed by atoms with Gasteiger partial charge < -0.3 is 0 Å². The average molecular weight is 541 g/mol. The van der Waals surface area contributed by atoms with E-state index in [1.54, 1.807) is 0 Å². The molecule has 0 heterocycles. The van der Waals surface area contributed by atoms with Crippen molar-refractivity contribution in [3.8, 4) is 0 Å². The Bertz CT molecular complexity index is 1330. The molecule has 0 atom stereocenters. The quantitative estimate of drug-likeness (QED) is 0.214. The van der Waals surface area contributed by atoms with Crippen molar-refractivity contribution in [1.82, 2.24) is 0 Å². The Balaban J connectivity index is 1.71. The lowest BCUT2D eigenvalue weighted by Gasteiger charge is -2.38. The number of hydrogen-bond acceptors (Lipinski definition) is 0. The zero-order valence-corrected chi connectivity index (χ0v) is 22.3. The second kappa shape index (κ2) is 10.6. The van der Waals surface area contributed by atoms with Crippen LogP contribution in [-0.4, -0.2) is 12.4 Å². The molecule has 0 fully saturated rings. The number of benzene rings is 4. The van der Waals surface area contributed by atoms with Crippen LogP contribution >= 0.6 is 0 Å². The average Bonchev–Trinajstić information content (AvgIpc) is 2.84. The van der Waals surface area contributed by atoms with E-state index in [0.29, 0.717) is 24.0 Å². The number of alkyl halides is 6. The number of halogens is 6. The van der Waals surface area contributed by atoms with E-state index >= 15 is 0 Å². The van der Waals surface area contributed by atoms with Gasteiger partial charge in [0.05, 0.1) is 0 Å². The summed E-state index contributed by atoms with van der Waals surface area (Å²) in [6.45, 7) is 7.85. The maximum absolute atomic E-state index is 14.6. The molecule has 0 aromatic heterocycles. The largest absolute Gasteiger partial charge is 0.411 e. The monoisotopic (exact) mass is 540 g/mol. The summed E-state index contributed by atoms with van der Waals surface area (Å²) < 4.78 is 87.5. The third-order valence-corrected chi connectivity index (χ3v) is 7.58. The smallest absolute Gasteiger partial charge is 0.169 e. The molecule has 0 spiro atoms. The van der Waals surface area contributed by atoms with Crippen molar-refractivity contribution < 1.29 is 26.3 Å². The zero-order valence-electron chi connectivity index (χ0n) is 22.3. The normalized spacial score (nSPS) is 12.6. The fourth-order valence-electron chi connectivity index (χ4n) is 5.03. The van der Waals surface area contributed by atoms with Gasteiger partial charge in [0.2, 0.25) is 5.41 Å². The first kappa shape index (κ1) is 28.5. The van der Waals surface area contributed by atoms with Gasteiger partial charge in [0.15, 0.2) is 0 Å². The molecule has 39 heavy (non-hydrogen) atoms. The molecule has 4 aromatic rings. The Morgan fingerprint density at radius 2 is 0.718 bits per heavy atom. The molecule has 0 bridgehead atoms. The van der Waals surface area contributed by atoms with Crippen molar-refractivity contribution in [1.29, 1.82) is 0 Å². The summed E-state index contributed by atoms with van der Waals surface area (Å²) in [5.41, 5.74) is 1.61. The van der Waals surface area contributed by atoms with Gasteiger partial charge in [0.25, 0.3) is 0 Å². The second-order valence-electron chi connectivity index (χ2n) is 10.3. The molecule has 4 rings (SSSR count). The first-order chi connectivity index (χ1) is 18.2. The number of rotatable bonds is 6. The van der Waals surface area contributed by atoms with Gasteiger partial charge in [0, 0.05) is 0 Å². The summed E-state index contributed by atoms with van der Waals surface area (Å²) in [4.78, 5) is 0. The molecule has 4 aromatic carbocycles.